The van der Waals surface area contributed by atoms with Crippen molar-refractivity contribution in [3.8, 4) is 0 Å². The van der Waals surface area contributed by atoms with E-state index in [9.17, 15) is 9.90 Å². The number of carboxylic acids is 1. The van der Waals surface area contributed by atoms with Gasteiger partial charge in [0.25, 0.3) is 8.32 Å². The SMILES string of the molecule is CC(C)(OCC1CCCC(O[Si](c2ccccc2)(c2ccccc2)C(C)(C)C)C1)C(=O)O. The van der Waals surface area contributed by atoms with E-state index in [1.54, 1.807) is 13.8 Å². The van der Waals surface area contributed by atoms with Crippen LogP contribution in [0.2, 0.25) is 5.04 Å². The molecule has 2 aromatic carbocycles. The molecule has 174 valence electrons. The maximum Gasteiger partial charge on any atom is 0.335 e. The standard InChI is InChI=1S/C27H38O4Si/c1-26(2,3)32(23-15-8-6-9-16-23,24-17-10-7-11-18-24)31-22-14-12-13-21(19-22)20-30-27(4,5)25(28)29/h6-11,15-18,21-22H,12-14,19-20H2,1-5H3,(H,28,29). The summed E-state index contributed by atoms with van der Waals surface area (Å²) in [6.45, 7) is 10.6. The lowest BCUT2D eigenvalue weighted by Crippen LogP contribution is -2.68. The highest BCUT2D eigenvalue weighted by Gasteiger charge is 2.51. The molecule has 1 N–H and O–H groups in total. The molecule has 2 atom stereocenters. The van der Waals surface area contributed by atoms with Gasteiger partial charge >= 0.3 is 5.97 Å². The van der Waals surface area contributed by atoms with Crippen molar-refractivity contribution in [3.05, 3.63) is 60.7 Å². The normalized spacial score (nSPS) is 20.2. The number of benzene rings is 2. The Hall–Kier alpha value is -1.95. The summed E-state index contributed by atoms with van der Waals surface area (Å²) in [6, 6.07) is 21.5. The molecular formula is C27H38O4Si. The van der Waals surface area contributed by atoms with Crippen molar-refractivity contribution in [1.29, 1.82) is 0 Å². The molecule has 0 aliphatic heterocycles. The molecule has 0 heterocycles. The molecule has 4 nitrogen and oxygen atoms in total. The van der Waals surface area contributed by atoms with Crippen LogP contribution < -0.4 is 10.4 Å². The number of hydrogen-bond donors (Lipinski definition) is 1. The molecule has 1 fully saturated rings. The van der Waals surface area contributed by atoms with Gasteiger partial charge in [0.15, 0.2) is 5.60 Å². The molecule has 2 aromatic rings. The summed E-state index contributed by atoms with van der Waals surface area (Å²) < 4.78 is 13.1. The topological polar surface area (TPSA) is 55.8 Å². The maximum atomic E-state index is 11.4. The second-order valence-corrected chi connectivity index (χ2v) is 14.8. The Morgan fingerprint density at radius 3 is 1.94 bits per heavy atom. The average molecular weight is 455 g/mol. The van der Waals surface area contributed by atoms with Gasteiger partial charge in [0.2, 0.25) is 0 Å². The summed E-state index contributed by atoms with van der Waals surface area (Å²) in [4.78, 5) is 11.4. The Kier molecular flexibility index (Phi) is 7.64. The van der Waals surface area contributed by atoms with Gasteiger partial charge in [-0.05, 0) is 54.4 Å². The van der Waals surface area contributed by atoms with Crippen molar-refractivity contribution < 1.29 is 19.1 Å². The van der Waals surface area contributed by atoms with Gasteiger partial charge in [0.05, 0.1) is 6.61 Å². The average Bonchev–Trinajstić information content (AvgIpc) is 2.77. The maximum absolute atomic E-state index is 11.4. The molecule has 0 bridgehead atoms. The Labute approximate surface area is 194 Å². The Balaban J connectivity index is 1.89. The lowest BCUT2D eigenvalue weighted by atomic mass is 9.88. The zero-order chi connectivity index (χ0) is 23.4. The highest BCUT2D eigenvalue weighted by molar-refractivity contribution is 6.99. The molecule has 0 spiro atoms. The van der Waals surface area contributed by atoms with Crippen LogP contribution in [0.5, 0.6) is 0 Å². The highest BCUT2D eigenvalue weighted by Crippen LogP contribution is 2.40. The van der Waals surface area contributed by atoms with Crippen molar-refractivity contribution >= 4 is 24.7 Å². The summed E-state index contributed by atoms with van der Waals surface area (Å²) in [7, 11) is -2.58. The van der Waals surface area contributed by atoms with Crippen LogP contribution in [0.15, 0.2) is 60.7 Å². The van der Waals surface area contributed by atoms with Gasteiger partial charge in [0.1, 0.15) is 0 Å². The second-order valence-electron chi connectivity index (χ2n) is 10.6. The fourth-order valence-corrected chi connectivity index (χ4v) is 9.56. The molecule has 1 aliphatic rings. The number of aliphatic carboxylic acids is 1. The number of carboxylic acid groups (broad SMARTS) is 1. The van der Waals surface area contributed by atoms with Gasteiger partial charge in [-0.3, -0.25) is 0 Å². The predicted octanol–water partition coefficient (Wildman–Crippen LogP) is 5.00. The molecule has 3 rings (SSSR count). The zero-order valence-corrected chi connectivity index (χ0v) is 21.1. The van der Waals surface area contributed by atoms with Gasteiger partial charge in [-0.1, -0.05) is 87.9 Å². The summed E-state index contributed by atoms with van der Waals surface area (Å²) in [5.41, 5.74) is -1.16. The monoisotopic (exact) mass is 454 g/mol. The number of hydrogen-bond acceptors (Lipinski definition) is 3. The molecule has 0 radical (unpaired) electrons. The van der Waals surface area contributed by atoms with Gasteiger partial charge in [-0.15, -0.1) is 0 Å². The van der Waals surface area contributed by atoms with Crippen molar-refractivity contribution in [2.75, 3.05) is 6.61 Å². The van der Waals surface area contributed by atoms with Crippen molar-refractivity contribution in [2.45, 2.75) is 77.0 Å². The number of carbonyl (C=O) groups is 1. The summed E-state index contributed by atoms with van der Waals surface area (Å²) in [6.07, 6.45) is 4.20. The number of ether oxygens (including phenoxy) is 1. The summed E-state index contributed by atoms with van der Waals surface area (Å²) in [5.74, 6) is -0.612. The van der Waals surface area contributed by atoms with Gasteiger partial charge in [-0.2, -0.15) is 0 Å². The molecule has 1 aliphatic carbocycles. The third-order valence-corrected chi connectivity index (χ3v) is 11.8. The summed E-state index contributed by atoms with van der Waals surface area (Å²) >= 11 is 0. The molecule has 0 aromatic heterocycles. The van der Waals surface area contributed by atoms with Crippen molar-refractivity contribution in [3.63, 3.8) is 0 Å². The van der Waals surface area contributed by atoms with Crippen LogP contribution in [0, 0.1) is 5.92 Å². The summed E-state index contributed by atoms with van der Waals surface area (Å²) in [5, 5.41) is 11.9. The van der Waals surface area contributed by atoms with E-state index in [0.29, 0.717) is 12.5 Å². The van der Waals surface area contributed by atoms with E-state index in [2.05, 4.69) is 81.4 Å². The minimum atomic E-state index is -2.58. The van der Waals surface area contributed by atoms with Crippen LogP contribution in [-0.4, -0.2) is 37.7 Å². The fraction of sp³-hybridized carbons (Fsp3) is 0.519. The second kappa shape index (κ2) is 9.90. The molecule has 1 saturated carbocycles. The minimum absolute atomic E-state index is 0.0511. The van der Waals surface area contributed by atoms with E-state index in [4.69, 9.17) is 9.16 Å². The van der Waals surface area contributed by atoms with Crippen LogP contribution >= 0.6 is 0 Å². The Bertz CT molecular complexity index is 834. The molecular weight excluding hydrogens is 416 g/mol. The largest absolute Gasteiger partial charge is 0.479 e. The lowest BCUT2D eigenvalue weighted by Gasteiger charge is -2.46. The molecule has 32 heavy (non-hydrogen) atoms. The van der Waals surface area contributed by atoms with Crippen LogP contribution in [0.25, 0.3) is 0 Å². The molecule has 0 saturated heterocycles. The van der Waals surface area contributed by atoms with Crippen LogP contribution in [-0.2, 0) is 14.0 Å². The van der Waals surface area contributed by atoms with Gasteiger partial charge < -0.3 is 14.3 Å². The van der Waals surface area contributed by atoms with Crippen LogP contribution in [0.1, 0.15) is 60.3 Å². The minimum Gasteiger partial charge on any atom is -0.479 e. The highest BCUT2D eigenvalue weighted by atomic mass is 28.4. The third-order valence-electron chi connectivity index (χ3n) is 6.69. The van der Waals surface area contributed by atoms with Gasteiger partial charge in [-0.25, -0.2) is 4.79 Å². The van der Waals surface area contributed by atoms with E-state index in [0.717, 1.165) is 25.7 Å². The molecule has 2 unspecified atom stereocenters. The quantitative estimate of drug-likeness (QED) is 0.570. The molecule has 5 heteroatoms. The fourth-order valence-electron chi connectivity index (χ4n) is 4.83. The Morgan fingerprint density at radius 2 is 1.47 bits per heavy atom. The first-order valence-electron chi connectivity index (χ1n) is 11.7. The zero-order valence-electron chi connectivity index (χ0n) is 20.1. The van der Waals surface area contributed by atoms with Crippen molar-refractivity contribution in [2.24, 2.45) is 5.92 Å². The Morgan fingerprint density at radius 1 is 0.938 bits per heavy atom. The smallest absolute Gasteiger partial charge is 0.335 e. The first-order valence-corrected chi connectivity index (χ1v) is 13.6. The van der Waals surface area contributed by atoms with Gasteiger partial charge in [0, 0.05) is 6.10 Å². The third kappa shape index (κ3) is 5.33. The molecule has 0 amide bonds. The van der Waals surface area contributed by atoms with E-state index in [-0.39, 0.29) is 11.1 Å². The first-order chi connectivity index (χ1) is 15.1. The number of rotatable bonds is 8. The van der Waals surface area contributed by atoms with Crippen LogP contribution in [0.4, 0.5) is 0 Å². The van der Waals surface area contributed by atoms with E-state index in [1.807, 2.05) is 0 Å². The van der Waals surface area contributed by atoms with E-state index < -0.39 is 19.9 Å². The predicted molar refractivity (Wildman–Crippen MR) is 132 cm³/mol. The van der Waals surface area contributed by atoms with Crippen molar-refractivity contribution in [1.82, 2.24) is 0 Å². The van der Waals surface area contributed by atoms with E-state index in [1.165, 1.54) is 10.4 Å². The first kappa shape index (κ1) is 24.7. The van der Waals surface area contributed by atoms with Crippen LogP contribution in [0.3, 0.4) is 0 Å². The lowest BCUT2D eigenvalue weighted by molar-refractivity contribution is -0.163. The van der Waals surface area contributed by atoms with E-state index >= 15 is 0 Å².